The van der Waals surface area contributed by atoms with E-state index in [0.717, 1.165) is 25.9 Å². The van der Waals surface area contributed by atoms with E-state index in [1.54, 1.807) is 0 Å². The summed E-state index contributed by atoms with van der Waals surface area (Å²) in [4.78, 5) is 22.3. The summed E-state index contributed by atoms with van der Waals surface area (Å²) >= 11 is 0. The van der Waals surface area contributed by atoms with Crippen molar-refractivity contribution in [1.29, 1.82) is 0 Å². The number of rotatable bonds is 2. The van der Waals surface area contributed by atoms with Crippen molar-refractivity contribution in [2.75, 3.05) is 19.6 Å². The molecule has 5 heteroatoms. The fourth-order valence-corrected chi connectivity index (χ4v) is 2.74. The van der Waals surface area contributed by atoms with Crippen molar-refractivity contribution in [2.24, 2.45) is 17.8 Å². The first-order valence-electron chi connectivity index (χ1n) is 5.89. The molecular formula is C11H18N2O3. The molecule has 0 aliphatic carbocycles. The van der Waals surface area contributed by atoms with Gasteiger partial charge in [-0.25, -0.2) is 0 Å². The molecule has 2 unspecified atom stereocenters. The first-order chi connectivity index (χ1) is 7.68. The molecule has 2 heterocycles. The molecule has 2 aliphatic rings. The van der Waals surface area contributed by atoms with Gasteiger partial charge in [-0.05, 0) is 44.2 Å². The fourth-order valence-electron chi connectivity index (χ4n) is 2.74. The van der Waals surface area contributed by atoms with Crippen LogP contribution in [0.2, 0.25) is 0 Å². The highest BCUT2D eigenvalue weighted by atomic mass is 16.4. The predicted octanol–water partition coefficient (Wildman–Crippen LogP) is -0.177. The highest BCUT2D eigenvalue weighted by molar-refractivity contribution is 5.97. The summed E-state index contributed by atoms with van der Waals surface area (Å²) in [5.41, 5.74) is 0. The Labute approximate surface area is 94.6 Å². The normalized spacial score (nSPS) is 32.1. The Bertz CT molecular complexity index is 287. The number of amides is 1. The summed E-state index contributed by atoms with van der Waals surface area (Å²) in [6, 6.07) is 0. The summed E-state index contributed by atoms with van der Waals surface area (Å²) < 4.78 is 0. The third-order valence-corrected chi connectivity index (χ3v) is 3.74. The van der Waals surface area contributed by atoms with Crippen LogP contribution in [0.3, 0.4) is 0 Å². The topological polar surface area (TPSA) is 78.4 Å². The average Bonchev–Trinajstić information content (AvgIpc) is 2.30. The van der Waals surface area contributed by atoms with E-state index in [4.69, 9.17) is 5.11 Å². The maximum absolute atomic E-state index is 11.4. The lowest BCUT2D eigenvalue weighted by Gasteiger charge is -2.35. The lowest BCUT2D eigenvalue weighted by molar-refractivity contribution is -0.149. The van der Waals surface area contributed by atoms with E-state index in [1.807, 2.05) is 0 Å². The Balaban J connectivity index is 1.96. The molecular weight excluding hydrogens is 208 g/mol. The largest absolute Gasteiger partial charge is 0.481 e. The number of piperidine rings is 2. The molecule has 1 amide bonds. The molecule has 0 aromatic carbocycles. The fraction of sp³-hybridized carbons (Fsp3) is 0.818. The monoisotopic (exact) mass is 226 g/mol. The maximum atomic E-state index is 11.4. The van der Waals surface area contributed by atoms with E-state index in [9.17, 15) is 9.59 Å². The van der Waals surface area contributed by atoms with E-state index in [2.05, 4.69) is 10.6 Å². The molecule has 2 saturated heterocycles. The molecule has 2 atom stereocenters. The second-order valence-electron chi connectivity index (χ2n) is 4.72. The van der Waals surface area contributed by atoms with Gasteiger partial charge in [0.1, 0.15) is 5.92 Å². The molecule has 0 bridgehead atoms. The summed E-state index contributed by atoms with van der Waals surface area (Å²) in [7, 11) is 0. The third kappa shape index (κ3) is 2.35. The van der Waals surface area contributed by atoms with Gasteiger partial charge in [-0.2, -0.15) is 0 Å². The van der Waals surface area contributed by atoms with Crippen molar-refractivity contribution in [3.63, 3.8) is 0 Å². The van der Waals surface area contributed by atoms with Gasteiger partial charge in [0.25, 0.3) is 0 Å². The summed E-state index contributed by atoms with van der Waals surface area (Å²) in [5, 5.41) is 15.0. The van der Waals surface area contributed by atoms with Gasteiger partial charge in [-0.3, -0.25) is 9.59 Å². The number of nitrogens with one attached hydrogen (secondary N) is 2. The predicted molar refractivity (Wildman–Crippen MR) is 57.8 cm³/mol. The van der Waals surface area contributed by atoms with Crippen LogP contribution in [-0.4, -0.2) is 36.6 Å². The number of carboxylic acid groups (broad SMARTS) is 1. The van der Waals surface area contributed by atoms with Crippen molar-refractivity contribution in [2.45, 2.75) is 19.3 Å². The molecule has 0 radical (unpaired) electrons. The van der Waals surface area contributed by atoms with Gasteiger partial charge in [-0.1, -0.05) is 0 Å². The van der Waals surface area contributed by atoms with Gasteiger partial charge in [0.2, 0.25) is 5.91 Å². The highest BCUT2D eigenvalue weighted by Gasteiger charge is 2.37. The van der Waals surface area contributed by atoms with Crippen LogP contribution in [0.15, 0.2) is 0 Å². The highest BCUT2D eigenvalue weighted by Crippen LogP contribution is 2.29. The van der Waals surface area contributed by atoms with Crippen LogP contribution in [-0.2, 0) is 9.59 Å². The molecule has 16 heavy (non-hydrogen) atoms. The van der Waals surface area contributed by atoms with Crippen molar-refractivity contribution >= 4 is 11.9 Å². The number of hydrogen-bond donors (Lipinski definition) is 3. The molecule has 5 nitrogen and oxygen atoms in total. The lowest BCUT2D eigenvalue weighted by Crippen LogP contribution is -2.48. The van der Waals surface area contributed by atoms with Gasteiger partial charge in [0, 0.05) is 6.54 Å². The van der Waals surface area contributed by atoms with E-state index in [1.165, 1.54) is 0 Å². The second-order valence-corrected chi connectivity index (χ2v) is 4.72. The van der Waals surface area contributed by atoms with Gasteiger partial charge in [0.15, 0.2) is 0 Å². The Hall–Kier alpha value is -1.10. The molecule has 2 rings (SSSR count). The van der Waals surface area contributed by atoms with Crippen molar-refractivity contribution in [3.8, 4) is 0 Å². The van der Waals surface area contributed by atoms with Crippen molar-refractivity contribution < 1.29 is 14.7 Å². The summed E-state index contributed by atoms with van der Waals surface area (Å²) in [5.74, 6) is -1.26. The number of aliphatic carboxylic acids is 1. The van der Waals surface area contributed by atoms with Crippen LogP contribution in [0.1, 0.15) is 19.3 Å². The minimum absolute atomic E-state index is 0.322. The van der Waals surface area contributed by atoms with Gasteiger partial charge >= 0.3 is 5.97 Å². The van der Waals surface area contributed by atoms with Crippen LogP contribution >= 0.6 is 0 Å². The minimum Gasteiger partial charge on any atom is -0.481 e. The van der Waals surface area contributed by atoms with Crippen LogP contribution in [0, 0.1) is 17.8 Å². The van der Waals surface area contributed by atoms with Crippen LogP contribution in [0.5, 0.6) is 0 Å². The first-order valence-corrected chi connectivity index (χ1v) is 5.89. The Morgan fingerprint density at radius 1 is 1.25 bits per heavy atom. The molecule has 0 aromatic heterocycles. The average molecular weight is 226 g/mol. The van der Waals surface area contributed by atoms with Crippen LogP contribution in [0.4, 0.5) is 0 Å². The van der Waals surface area contributed by atoms with E-state index in [0.29, 0.717) is 24.8 Å². The quantitative estimate of drug-likeness (QED) is 0.571. The second kappa shape index (κ2) is 4.82. The number of hydrogen-bond acceptors (Lipinski definition) is 3. The smallest absolute Gasteiger partial charge is 0.316 e. The molecule has 2 fully saturated rings. The van der Waals surface area contributed by atoms with Crippen molar-refractivity contribution in [3.05, 3.63) is 0 Å². The number of carbonyl (C=O) groups excluding carboxylic acids is 1. The van der Waals surface area contributed by atoms with Crippen molar-refractivity contribution in [1.82, 2.24) is 10.6 Å². The lowest BCUT2D eigenvalue weighted by atomic mass is 9.77. The first kappa shape index (κ1) is 11.4. The van der Waals surface area contributed by atoms with Gasteiger partial charge in [0.05, 0.1) is 0 Å². The van der Waals surface area contributed by atoms with E-state index in [-0.39, 0.29) is 5.91 Å². The molecule has 0 saturated carbocycles. The zero-order valence-corrected chi connectivity index (χ0v) is 9.24. The molecule has 2 aliphatic heterocycles. The SMILES string of the molecule is O=C(O)C1CC(C2CCNCC2)CNC1=O. The van der Waals surface area contributed by atoms with Gasteiger partial charge in [-0.15, -0.1) is 0 Å². The zero-order chi connectivity index (χ0) is 11.5. The summed E-state index contributed by atoms with van der Waals surface area (Å²) in [6.45, 7) is 2.66. The number of carbonyl (C=O) groups is 2. The zero-order valence-electron chi connectivity index (χ0n) is 9.24. The van der Waals surface area contributed by atoms with Crippen LogP contribution in [0.25, 0.3) is 0 Å². The van der Waals surface area contributed by atoms with Gasteiger partial charge < -0.3 is 15.7 Å². The summed E-state index contributed by atoms with van der Waals surface area (Å²) in [6.07, 6.45) is 2.69. The molecule has 90 valence electrons. The number of carboxylic acids is 1. The molecule has 0 aromatic rings. The Morgan fingerprint density at radius 2 is 1.94 bits per heavy atom. The minimum atomic E-state index is -0.990. The van der Waals surface area contributed by atoms with E-state index < -0.39 is 11.9 Å². The van der Waals surface area contributed by atoms with E-state index >= 15 is 0 Å². The standard InChI is InChI=1S/C11H18N2O3/c14-10-9(11(15)16)5-8(6-13-10)7-1-3-12-4-2-7/h7-9,12H,1-6H2,(H,13,14)(H,15,16). The third-order valence-electron chi connectivity index (χ3n) is 3.74. The van der Waals surface area contributed by atoms with Crippen LogP contribution < -0.4 is 10.6 Å². The Morgan fingerprint density at radius 3 is 2.56 bits per heavy atom. The molecule has 0 spiro atoms. The maximum Gasteiger partial charge on any atom is 0.316 e. The molecule has 3 N–H and O–H groups in total. The Kier molecular flexibility index (Phi) is 3.43.